The smallest absolute Gasteiger partial charge is 0.354 e. The number of aromatic nitrogens is 3. The maximum Gasteiger partial charge on any atom is 0.354 e. The molecule has 5 atom stereocenters. The number of hydrogen-bond donors (Lipinski definition) is 3. The molecule has 2 heterocycles. The number of aliphatic hydroxyl groups excluding tert-OH is 2. The zero-order valence-corrected chi connectivity index (χ0v) is 11.5. The first-order valence-corrected chi connectivity index (χ1v) is 6.28. The number of nitrogens with zero attached hydrogens (tertiary/aromatic N) is 3. The fourth-order valence-electron chi connectivity index (χ4n) is 2.17. The van der Waals surface area contributed by atoms with E-state index in [1.54, 1.807) is 0 Å². The first-order valence-electron chi connectivity index (χ1n) is 6.28. The highest BCUT2D eigenvalue weighted by atomic mass is 19.1. The molecule has 0 spiro atoms. The molecular weight excluding hydrogens is 302 g/mol. The van der Waals surface area contributed by atoms with Gasteiger partial charge in [0.25, 0.3) is 0 Å². The molecule has 1 aliphatic rings. The van der Waals surface area contributed by atoms with E-state index in [2.05, 4.69) is 9.97 Å². The summed E-state index contributed by atoms with van der Waals surface area (Å²) in [4.78, 5) is 18.7. The largest absolute Gasteiger partial charge is 0.391 e. The van der Waals surface area contributed by atoms with E-state index < -0.39 is 42.6 Å². The number of aliphatic hydroxyl groups is 2. The van der Waals surface area contributed by atoms with Gasteiger partial charge in [-0.05, 0) is 6.92 Å². The summed E-state index contributed by atoms with van der Waals surface area (Å²) in [6, 6.07) is 0. The first-order chi connectivity index (χ1) is 10.3. The minimum Gasteiger partial charge on any atom is -0.391 e. The molecule has 1 fully saturated rings. The van der Waals surface area contributed by atoms with Crippen molar-refractivity contribution < 1.29 is 23.7 Å². The number of nitrogens with two attached hydrogens (primary N) is 1. The second kappa shape index (κ2) is 5.96. The Balaban J connectivity index is 2.53. The van der Waals surface area contributed by atoms with E-state index in [0.29, 0.717) is 4.57 Å². The normalized spacial score (nSPS) is 32.3. The molecule has 0 saturated carbocycles. The third kappa shape index (κ3) is 2.66. The van der Waals surface area contributed by atoms with Gasteiger partial charge in [0.2, 0.25) is 11.6 Å². The van der Waals surface area contributed by atoms with Gasteiger partial charge in [-0.15, -0.1) is 0 Å². The van der Waals surface area contributed by atoms with E-state index in [1.165, 1.54) is 6.92 Å². The van der Waals surface area contributed by atoms with Gasteiger partial charge < -0.3 is 20.7 Å². The van der Waals surface area contributed by atoms with Crippen LogP contribution in [-0.4, -0.2) is 55.4 Å². The first kappa shape index (κ1) is 16.3. The minimum absolute atomic E-state index is 0.328. The molecule has 0 radical (unpaired) electrons. The Hall–Kier alpha value is -2.09. The van der Waals surface area contributed by atoms with Crippen LogP contribution in [0.3, 0.4) is 0 Å². The summed E-state index contributed by atoms with van der Waals surface area (Å²) in [6.07, 6.45) is -5.41. The summed E-state index contributed by atoms with van der Waals surface area (Å²) >= 11 is 0. The standard InChI is InChI=1S/C12H14F2N4O4/c1-6(19)7-8(20)12(14,3-2-4-13)9(22-7)18-5-16-10(15)17-11(18)21/h5-9,19-20H,4H2,1H3,(H2,15,17,21)/t6-,7+,8-,9+,12?/m0/s1. The van der Waals surface area contributed by atoms with Crippen molar-refractivity contribution in [3.63, 3.8) is 0 Å². The topological polar surface area (TPSA) is 123 Å². The third-order valence-corrected chi connectivity index (χ3v) is 3.21. The third-order valence-electron chi connectivity index (χ3n) is 3.21. The number of hydrogen-bond acceptors (Lipinski definition) is 7. The van der Waals surface area contributed by atoms with Crippen molar-refractivity contribution in [2.24, 2.45) is 0 Å². The monoisotopic (exact) mass is 316 g/mol. The lowest BCUT2D eigenvalue weighted by molar-refractivity contribution is -0.0806. The summed E-state index contributed by atoms with van der Waals surface area (Å²) in [6.45, 7) is 0.110. The van der Waals surface area contributed by atoms with E-state index in [4.69, 9.17) is 10.5 Å². The number of ether oxygens (including phenoxy) is 1. The average Bonchev–Trinajstić information content (AvgIpc) is 2.70. The molecule has 120 valence electrons. The summed E-state index contributed by atoms with van der Waals surface area (Å²) in [5.74, 6) is 3.44. The van der Waals surface area contributed by atoms with E-state index in [0.717, 1.165) is 6.33 Å². The van der Waals surface area contributed by atoms with E-state index in [-0.39, 0.29) is 5.95 Å². The van der Waals surface area contributed by atoms with Crippen molar-refractivity contribution >= 4 is 5.95 Å². The number of halogens is 2. The Labute approximate surface area is 123 Å². The van der Waals surface area contributed by atoms with Crippen molar-refractivity contribution in [2.45, 2.75) is 37.1 Å². The van der Waals surface area contributed by atoms with Crippen LogP contribution in [0.1, 0.15) is 13.2 Å². The maximum atomic E-state index is 15.1. The quantitative estimate of drug-likeness (QED) is 0.570. The van der Waals surface area contributed by atoms with Gasteiger partial charge >= 0.3 is 5.69 Å². The van der Waals surface area contributed by atoms with Gasteiger partial charge in [0.1, 0.15) is 25.2 Å². The van der Waals surface area contributed by atoms with Crippen LogP contribution in [0.25, 0.3) is 0 Å². The molecule has 0 aliphatic carbocycles. The van der Waals surface area contributed by atoms with Crippen LogP contribution in [0.4, 0.5) is 14.7 Å². The summed E-state index contributed by atoms with van der Waals surface area (Å²) in [5, 5.41) is 19.6. The lowest BCUT2D eigenvalue weighted by Gasteiger charge is -2.23. The van der Waals surface area contributed by atoms with Crippen LogP contribution in [-0.2, 0) is 4.74 Å². The Bertz CT molecular complexity index is 671. The fourth-order valence-corrected chi connectivity index (χ4v) is 2.17. The van der Waals surface area contributed by atoms with Gasteiger partial charge in [0.15, 0.2) is 6.23 Å². The number of nitrogen functional groups attached to an aromatic ring is 1. The summed E-state index contributed by atoms with van der Waals surface area (Å²) in [7, 11) is 0. The molecule has 4 N–H and O–H groups in total. The van der Waals surface area contributed by atoms with Crippen molar-refractivity contribution in [2.75, 3.05) is 12.4 Å². The predicted molar refractivity (Wildman–Crippen MR) is 69.9 cm³/mol. The zero-order chi connectivity index (χ0) is 16.5. The Morgan fingerprint density at radius 2 is 2.36 bits per heavy atom. The Kier molecular flexibility index (Phi) is 4.41. The van der Waals surface area contributed by atoms with Crippen LogP contribution in [0.15, 0.2) is 11.1 Å². The van der Waals surface area contributed by atoms with E-state index in [1.807, 2.05) is 11.8 Å². The molecule has 1 unspecified atom stereocenters. The van der Waals surface area contributed by atoms with Crippen LogP contribution < -0.4 is 11.4 Å². The van der Waals surface area contributed by atoms with Crippen LogP contribution in [0, 0.1) is 11.8 Å². The summed E-state index contributed by atoms with van der Waals surface area (Å²) < 4.78 is 33.1. The van der Waals surface area contributed by atoms with Gasteiger partial charge in [0, 0.05) is 0 Å². The second-order valence-corrected chi connectivity index (χ2v) is 4.75. The molecule has 8 nitrogen and oxygen atoms in total. The number of rotatable bonds is 2. The molecule has 1 aromatic heterocycles. The number of alkyl halides is 2. The number of anilines is 1. The molecule has 0 bridgehead atoms. The van der Waals surface area contributed by atoms with Crippen molar-refractivity contribution in [1.29, 1.82) is 0 Å². The lowest BCUT2D eigenvalue weighted by atomic mass is 9.94. The maximum absolute atomic E-state index is 15.1. The van der Waals surface area contributed by atoms with E-state index in [9.17, 15) is 19.4 Å². The second-order valence-electron chi connectivity index (χ2n) is 4.75. The Morgan fingerprint density at radius 1 is 1.68 bits per heavy atom. The molecule has 1 aromatic rings. The highest BCUT2D eigenvalue weighted by molar-refractivity contribution is 5.24. The van der Waals surface area contributed by atoms with E-state index >= 15 is 4.39 Å². The molecule has 2 rings (SSSR count). The van der Waals surface area contributed by atoms with Crippen LogP contribution in [0.2, 0.25) is 0 Å². The van der Waals surface area contributed by atoms with Gasteiger partial charge in [-0.3, -0.25) is 4.57 Å². The predicted octanol–water partition coefficient (Wildman–Crippen LogP) is -1.46. The molecule has 10 heteroatoms. The van der Waals surface area contributed by atoms with Gasteiger partial charge in [-0.25, -0.2) is 18.6 Å². The van der Waals surface area contributed by atoms with Gasteiger partial charge in [-0.1, -0.05) is 11.8 Å². The fraction of sp³-hybridized carbons (Fsp3) is 0.583. The lowest BCUT2D eigenvalue weighted by Crippen LogP contribution is -2.45. The van der Waals surface area contributed by atoms with Crippen molar-refractivity contribution in [3.8, 4) is 11.8 Å². The molecule has 1 aliphatic heterocycles. The molecule has 1 saturated heterocycles. The highest BCUT2D eigenvalue weighted by Crippen LogP contribution is 2.41. The Morgan fingerprint density at radius 3 is 2.91 bits per heavy atom. The summed E-state index contributed by atoms with van der Waals surface area (Å²) in [5.41, 5.74) is 1.43. The molecular formula is C12H14F2N4O4. The average molecular weight is 316 g/mol. The van der Waals surface area contributed by atoms with Crippen molar-refractivity contribution in [1.82, 2.24) is 14.5 Å². The van der Waals surface area contributed by atoms with Crippen molar-refractivity contribution in [3.05, 3.63) is 16.8 Å². The van der Waals surface area contributed by atoms with Gasteiger partial charge in [0.05, 0.1) is 6.10 Å². The van der Waals surface area contributed by atoms with Crippen LogP contribution >= 0.6 is 0 Å². The molecule has 0 aromatic carbocycles. The van der Waals surface area contributed by atoms with Gasteiger partial charge in [-0.2, -0.15) is 4.98 Å². The minimum atomic E-state index is -2.82. The molecule has 22 heavy (non-hydrogen) atoms. The highest BCUT2D eigenvalue weighted by Gasteiger charge is 2.59. The molecule has 0 amide bonds. The SMILES string of the molecule is C[C@H](O)[C@H]1O[C@@H](n2cnc(N)nc2=O)C(F)(C#CCF)[C@H]1O. The zero-order valence-electron chi connectivity index (χ0n) is 11.5. The van der Waals surface area contributed by atoms with Crippen LogP contribution in [0.5, 0.6) is 0 Å².